The predicted molar refractivity (Wildman–Crippen MR) is 73.2 cm³/mol. The maximum absolute atomic E-state index is 12.0. The Labute approximate surface area is 113 Å². The summed E-state index contributed by atoms with van der Waals surface area (Å²) in [6, 6.07) is 3.22. The monoisotopic (exact) mass is 265 g/mol. The molecule has 5 heteroatoms. The van der Waals surface area contributed by atoms with Crippen molar-refractivity contribution >= 4 is 5.91 Å². The highest BCUT2D eigenvalue weighted by Crippen LogP contribution is 2.34. The molecule has 1 N–H and O–H groups in total. The van der Waals surface area contributed by atoms with E-state index in [1.54, 1.807) is 18.2 Å². The lowest BCUT2D eigenvalue weighted by molar-refractivity contribution is 0.0951. The first-order chi connectivity index (χ1) is 9.17. The van der Waals surface area contributed by atoms with Crippen molar-refractivity contribution in [3.05, 3.63) is 30.4 Å². The molecule has 0 unspecified atom stereocenters. The topological polar surface area (TPSA) is 56.8 Å². The van der Waals surface area contributed by atoms with Gasteiger partial charge in [-0.3, -0.25) is 4.79 Å². The molecule has 104 valence electrons. The van der Waals surface area contributed by atoms with Crippen LogP contribution in [0.15, 0.2) is 24.8 Å². The number of nitrogens with one attached hydrogen (secondary N) is 1. The van der Waals surface area contributed by atoms with Gasteiger partial charge in [0.05, 0.1) is 26.9 Å². The van der Waals surface area contributed by atoms with Crippen LogP contribution in [0.2, 0.25) is 0 Å². The van der Waals surface area contributed by atoms with Crippen molar-refractivity contribution in [3.63, 3.8) is 0 Å². The molecular formula is C14H19NO4. The molecular weight excluding hydrogens is 246 g/mol. The number of carbonyl (C=O) groups excluding carboxylic acids is 1. The van der Waals surface area contributed by atoms with Crippen molar-refractivity contribution in [2.24, 2.45) is 0 Å². The quantitative estimate of drug-likeness (QED) is 0.605. The number of ether oxygens (including phenoxy) is 3. The number of carbonyl (C=O) groups is 1. The molecule has 0 aliphatic heterocycles. The van der Waals surface area contributed by atoms with E-state index in [4.69, 9.17) is 14.2 Å². The summed E-state index contributed by atoms with van der Waals surface area (Å²) in [5.41, 5.74) is 0.407. The highest BCUT2D eigenvalue weighted by molar-refractivity contribution is 5.97. The number of hydrogen-bond acceptors (Lipinski definition) is 4. The number of rotatable bonds is 7. The summed E-state index contributed by atoms with van der Waals surface area (Å²) < 4.78 is 15.5. The van der Waals surface area contributed by atoms with Crippen LogP contribution in [0.1, 0.15) is 16.8 Å². The number of amides is 1. The normalized spacial score (nSPS) is 9.63. The largest absolute Gasteiger partial charge is 0.496 e. The van der Waals surface area contributed by atoms with E-state index in [2.05, 4.69) is 11.9 Å². The van der Waals surface area contributed by atoms with Gasteiger partial charge in [0, 0.05) is 18.7 Å². The number of hydrogen-bond donors (Lipinski definition) is 1. The van der Waals surface area contributed by atoms with Gasteiger partial charge < -0.3 is 19.5 Å². The fourth-order valence-electron chi connectivity index (χ4n) is 1.59. The summed E-state index contributed by atoms with van der Waals surface area (Å²) in [5, 5.41) is 2.78. The minimum absolute atomic E-state index is 0.223. The Morgan fingerprint density at radius 3 is 2.26 bits per heavy atom. The minimum Gasteiger partial charge on any atom is -0.496 e. The molecule has 0 saturated heterocycles. The van der Waals surface area contributed by atoms with Gasteiger partial charge >= 0.3 is 0 Å². The summed E-state index contributed by atoms with van der Waals surface area (Å²) in [5.74, 6) is 1.22. The zero-order valence-corrected chi connectivity index (χ0v) is 11.5. The van der Waals surface area contributed by atoms with Crippen molar-refractivity contribution in [1.29, 1.82) is 0 Å². The molecule has 0 atom stereocenters. The van der Waals surface area contributed by atoms with Gasteiger partial charge in [-0.1, -0.05) is 6.08 Å². The SMILES string of the molecule is C=CCCNC(=O)c1cc(OC)c(OC)cc1OC. The Kier molecular flexibility index (Phi) is 5.73. The molecule has 1 rings (SSSR count). The maximum atomic E-state index is 12.0. The fraction of sp³-hybridized carbons (Fsp3) is 0.357. The van der Waals surface area contributed by atoms with E-state index in [-0.39, 0.29) is 5.91 Å². The van der Waals surface area contributed by atoms with Crippen LogP contribution in [0.5, 0.6) is 17.2 Å². The highest BCUT2D eigenvalue weighted by Gasteiger charge is 2.17. The van der Waals surface area contributed by atoms with Crippen molar-refractivity contribution in [1.82, 2.24) is 5.32 Å². The highest BCUT2D eigenvalue weighted by atomic mass is 16.5. The summed E-state index contributed by atoms with van der Waals surface area (Å²) in [7, 11) is 4.55. The van der Waals surface area contributed by atoms with Crippen LogP contribution in [0.3, 0.4) is 0 Å². The molecule has 1 amide bonds. The van der Waals surface area contributed by atoms with Crippen LogP contribution >= 0.6 is 0 Å². The lowest BCUT2D eigenvalue weighted by Gasteiger charge is -2.13. The summed E-state index contributed by atoms with van der Waals surface area (Å²) in [6.45, 7) is 4.13. The average Bonchev–Trinajstić information content (AvgIpc) is 2.45. The van der Waals surface area contributed by atoms with Crippen LogP contribution in [-0.2, 0) is 0 Å². The second kappa shape index (κ2) is 7.31. The van der Waals surface area contributed by atoms with E-state index in [1.165, 1.54) is 21.3 Å². The van der Waals surface area contributed by atoms with E-state index < -0.39 is 0 Å². The Bertz CT molecular complexity index is 457. The molecule has 0 saturated carbocycles. The lowest BCUT2D eigenvalue weighted by atomic mass is 10.1. The van der Waals surface area contributed by atoms with Crippen LogP contribution < -0.4 is 19.5 Å². The summed E-state index contributed by atoms with van der Waals surface area (Å²) in [4.78, 5) is 12.0. The molecule has 0 bridgehead atoms. The van der Waals surface area contributed by atoms with Gasteiger partial charge in [-0.25, -0.2) is 0 Å². The van der Waals surface area contributed by atoms with E-state index in [9.17, 15) is 4.79 Å². The lowest BCUT2D eigenvalue weighted by Crippen LogP contribution is -2.24. The molecule has 0 aliphatic rings. The van der Waals surface area contributed by atoms with Gasteiger partial charge in [0.1, 0.15) is 5.75 Å². The van der Waals surface area contributed by atoms with Crippen molar-refractivity contribution < 1.29 is 19.0 Å². The summed E-state index contributed by atoms with van der Waals surface area (Å²) in [6.07, 6.45) is 2.45. The molecule has 1 aromatic rings. The molecule has 0 aromatic heterocycles. The fourth-order valence-corrected chi connectivity index (χ4v) is 1.59. The van der Waals surface area contributed by atoms with Gasteiger partial charge in [-0.05, 0) is 6.42 Å². The zero-order valence-electron chi connectivity index (χ0n) is 11.5. The first kappa shape index (κ1) is 14.9. The first-order valence-corrected chi connectivity index (χ1v) is 5.87. The summed E-state index contributed by atoms with van der Waals surface area (Å²) >= 11 is 0. The molecule has 1 aromatic carbocycles. The average molecular weight is 265 g/mol. The van der Waals surface area contributed by atoms with Crippen molar-refractivity contribution in [2.75, 3.05) is 27.9 Å². The second-order valence-corrected chi connectivity index (χ2v) is 3.74. The molecule has 0 spiro atoms. The standard InChI is InChI=1S/C14H19NO4/c1-5-6-7-15-14(16)10-8-12(18-3)13(19-4)9-11(10)17-2/h5,8-9H,1,6-7H2,2-4H3,(H,15,16). The third kappa shape index (κ3) is 3.64. The Morgan fingerprint density at radius 2 is 1.74 bits per heavy atom. The third-order valence-electron chi connectivity index (χ3n) is 2.58. The third-order valence-corrected chi connectivity index (χ3v) is 2.58. The molecule has 0 heterocycles. The van der Waals surface area contributed by atoms with Crippen LogP contribution in [0.4, 0.5) is 0 Å². The Balaban J connectivity index is 3.03. The first-order valence-electron chi connectivity index (χ1n) is 5.87. The van der Waals surface area contributed by atoms with Crippen molar-refractivity contribution in [3.8, 4) is 17.2 Å². The van der Waals surface area contributed by atoms with Crippen molar-refractivity contribution in [2.45, 2.75) is 6.42 Å². The van der Waals surface area contributed by atoms with E-state index in [0.29, 0.717) is 35.8 Å². The molecule has 5 nitrogen and oxygen atoms in total. The van der Waals surface area contributed by atoms with E-state index in [0.717, 1.165) is 0 Å². The Hall–Kier alpha value is -2.17. The van der Waals surface area contributed by atoms with Crippen LogP contribution in [-0.4, -0.2) is 33.8 Å². The number of benzene rings is 1. The Morgan fingerprint density at radius 1 is 1.16 bits per heavy atom. The van der Waals surface area contributed by atoms with Gasteiger partial charge in [-0.2, -0.15) is 0 Å². The molecule has 19 heavy (non-hydrogen) atoms. The molecule has 0 fully saturated rings. The molecule has 0 radical (unpaired) electrons. The molecule has 0 aliphatic carbocycles. The minimum atomic E-state index is -0.223. The van der Waals surface area contributed by atoms with Crippen LogP contribution in [0, 0.1) is 0 Å². The maximum Gasteiger partial charge on any atom is 0.255 e. The smallest absolute Gasteiger partial charge is 0.255 e. The predicted octanol–water partition coefficient (Wildman–Crippen LogP) is 2.02. The zero-order chi connectivity index (χ0) is 14.3. The van der Waals surface area contributed by atoms with Gasteiger partial charge in [0.15, 0.2) is 11.5 Å². The number of methoxy groups -OCH3 is 3. The van der Waals surface area contributed by atoms with Gasteiger partial charge in [0.2, 0.25) is 0 Å². The van der Waals surface area contributed by atoms with Crippen LogP contribution in [0.25, 0.3) is 0 Å². The van der Waals surface area contributed by atoms with Gasteiger partial charge in [0.25, 0.3) is 5.91 Å². The van der Waals surface area contributed by atoms with E-state index in [1.807, 2.05) is 0 Å². The van der Waals surface area contributed by atoms with E-state index >= 15 is 0 Å². The second-order valence-electron chi connectivity index (χ2n) is 3.74. The van der Waals surface area contributed by atoms with Gasteiger partial charge in [-0.15, -0.1) is 6.58 Å².